The number of nitrogens with one attached hydrogen (secondary N) is 1. The number of hydrogen-bond acceptors (Lipinski definition) is 3. The van der Waals surface area contributed by atoms with Crippen molar-refractivity contribution < 1.29 is 17.6 Å². The highest BCUT2D eigenvalue weighted by molar-refractivity contribution is 9.10. The topological polar surface area (TPSA) is 38.1 Å². The molecule has 0 bridgehead atoms. The molecule has 0 fully saturated rings. The molecule has 1 N–H and O–H groups in total. The predicted molar refractivity (Wildman–Crippen MR) is 67.7 cm³/mol. The fourth-order valence-corrected chi connectivity index (χ4v) is 1.92. The maximum atomic E-state index is 12.9. The van der Waals surface area contributed by atoms with Gasteiger partial charge in [0.25, 0.3) is 0 Å². The molecule has 19 heavy (non-hydrogen) atoms. The van der Waals surface area contributed by atoms with Crippen molar-refractivity contribution in [1.29, 1.82) is 0 Å². The van der Waals surface area contributed by atoms with E-state index in [4.69, 9.17) is 4.42 Å². The third-order valence-corrected chi connectivity index (χ3v) is 2.88. The van der Waals surface area contributed by atoms with Crippen LogP contribution in [0, 0.1) is 6.92 Å². The maximum absolute atomic E-state index is 12.9. The van der Waals surface area contributed by atoms with E-state index in [1.165, 1.54) is 12.3 Å². The molecule has 0 radical (unpaired) electrons. The monoisotopic (exact) mass is 334 g/mol. The van der Waals surface area contributed by atoms with E-state index in [9.17, 15) is 13.2 Å². The molecule has 2 aromatic rings. The Hall–Kier alpha value is -1.50. The van der Waals surface area contributed by atoms with Gasteiger partial charge >= 0.3 is 6.18 Å². The Labute approximate surface area is 116 Å². The highest BCUT2D eigenvalue weighted by Gasteiger charge is 2.33. The Morgan fingerprint density at radius 2 is 2.11 bits per heavy atom. The van der Waals surface area contributed by atoms with Gasteiger partial charge in [-0.3, -0.25) is 0 Å². The van der Waals surface area contributed by atoms with E-state index in [1.807, 2.05) is 0 Å². The van der Waals surface area contributed by atoms with E-state index in [2.05, 4.69) is 26.2 Å². The third kappa shape index (κ3) is 3.50. The van der Waals surface area contributed by atoms with Crippen LogP contribution in [-0.4, -0.2) is 4.98 Å². The van der Waals surface area contributed by atoms with Gasteiger partial charge in [-0.05, 0) is 25.1 Å². The van der Waals surface area contributed by atoms with Gasteiger partial charge in [0.05, 0.1) is 18.3 Å². The first-order chi connectivity index (χ1) is 8.86. The first-order valence-electron chi connectivity index (χ1n) is 5.38. The fraction of sp³-hybridized carbons (Fsp3) is 0.250. The highest BCUT2D eigenvalue weighted by Crippen LogP contribution is 2.36. The number of hydrogen-bond donors (Lipinski definition) is 1. The van der Waals surface area contributed by atoms with Crippen LogP contribution in [0.3, 0.4) is 0 Å². The van der Waals surface area contributed by atoms with Crippen molar-refractivity contribution in [3.63, 3.8) is 0 Å². The molecular weight excluding hydrogens is 325 g/mol. The van der Waals surface area contributed by atoms with E-state index in [1.54, 1.807) is 13.0 Å². The van der Waals surface area contributed by atoms with Crippen molar-refractivity contribution in [2.75, 3.05) is 5.32 Å². The normalized spacial score (nSPS) is 11.6. The zero-order valence-corrected chi connectivity index (χ0v) is 11.5. The Balaban J connectivity index is 2.20. The van der Waals surface area contributed by atoms with Crippen LogP contribution < -0.4 is 5.32 Å². The van der Waals surface area contributed by atoms with E-state index < -0.39 is 11.7 Å². The second-order valence-corrected chi connectivity index (χ2v) is 4.82. The summed E-state index contributed by atoms with van der Waals surface area (Å²) in [6.45, 7) is 1.82. The number of alkyl halides is 3. The van der Waals surface area contributed by atoms with Crippen molar-refractivity contribution in [1.82, 2.24) is 4.98 Å². The second kappa shape index (κ2) is 5.24. The van der Waals surface area contributed by atoms with Gasteiger partial charge in [0.2, 0.25) is 5.89 Å². The predicted octanol–water partition coefficient (Wildman–Crippen LogP) is 4.38. The largest absolute Gasteiger partial charge is 0.444 e. The average molecular weight is 335 g/mol. The first kappa shape index (κ1) is 13.9. The number of benzene rings is 1. The van der Waals surface area contributed by atoms with Crippen LogP contribution in [0.5, 0.6) is 0 Å². The molecule has 1 heterocycles. The highest BCUT2D eigenvalue weighted by atomic mass is 79.9. The van der Waals surface area contributed by atoms with Gasteiger partial charge in [-0.2, -0.15) is 13.2 Å². The minimum atomic E-state index is -4.42. The number of aromatic nitrogens is 1. The van der Waals surface area contributed by atoms with Gasteiger partial charge < -0.3 is 9.73 Å². The van der Waals surface area contributed by atoms with E-state index in [0.717, 1.165) is 6.07 Å². The molecule has 0 saturated heterocycles. The molecular formula is C12H10BrF3N2O. The summed E-state index contributed by atoms with van der Waals surface area (Å²) in [5.41, 5.74) is -0.739. The number of aryl methyl sites for hydroxylation is 1. The number of anilines is 1. The van der Waals surface area contributed by atoms with Crippen molar-refractivity contribution in [2.24, 2.45) is 0 Å². The molecule has 0 amide bonds. The number of nitrogens with zero attached hydrogens (tertiary/aromatic N) is 1. The molecule has 0 aliphatic carbocycles. The summed E-state index contributed by atoms with van der Waals surface area (Å²) < 4.78 is 44.1. The molecule has 2 rings (SSSR count). The van der Waals surface area contributed by atoms with E-state index >= 15 is 0 Å². The lowest BCUT2D eigenvalue weighted by Crippen LogP contribution is -2.11. The average Bonchev–Trinajstić information content (AvgIpc) is 2.72. The Morgan fingerprint density at radius 3 is 2.68 bits per heavy atom. The SMILES string of the molecule is Cc1cnc(CNc2ccc(Br)cc2C(F)(F)F)o1. The molecule has 3 nitrogen and oxygen atoms in total. The smallest absolute Gasteiger partial charge is 0.418 e. The standard InChI is InChI=1S/C12H10BrF3N2O/c1-7-5-18-11(19-7)6-17-10-3-2-8(13)4-9(10)12(14,15)16/h2-5,17H,6H2,1H3. The molecule has 0 aliphatic heterocycles. The number of halogens is 4. The fourth-order valence-electron chi connectivity index (χ4n) is 1.56. The quantitative estimate of drug-likeness (QED) is 0.905. The lowest BCUT2D eigenvalue weighted by atomic mass is 10.1. The summed E-state index contributed by atoms with van der Waals surface area (Å²) in [6.07, 6.45) is -2.90. The molecule has 102 valence electrons. The van der Waals surface area contributed by atoms with Gasteiger partial charge in [-0.25, -0.2) is 4.98 Å². The summed E-state index contributed by atoms with van der Waals surface area (Å²) >= 11 is 3.03. The zero-order chi connectivity index (χ0) is 14.0. The van der Waals surface area contributed by atoms with E-state index in [0.29, 0.717) is 16.1 Å². The number of rotatable bonds is 3. The summed E-state index contributed by atoms with van der Waals surface area (Å²) in [4.78, 5) is 3.92. The Morgan fingerprint density at radius 1 is 1.37 bits per heavy atom. The Kier molecular flexibility index (Phi) is 3.84. The summed E-state index contributed by atoms with van der Waals surface area (Å²) in [5.74, 6) is 0.956. The molecule has 7 heteroatoms. The van der Waals surface area contributed by atoms with Crippen LogP contribution in [0.25, 0.3) is 0 Å². The molecule has 0 aliphatic rings. The second-order valence-electron chi connectivity index (χ2n) is 3.91. The van der Waals surface area contributed by atoms with Gasteiger partial charge in [-0.1, -0.05) is 15.9 Å². The Bertz CT molecular complexity index is 581. The summed E-state index contributed by atoms with van der Waals surface area (Å²) in [6, 6.07) is 3.93. The van der Waals surface area contributed by atoms with Crippen LogP contribution in [-0.2, 0) is 12.7 Å². The van der Waals surface area contributed by atoms with Crippen LogP contribution in [0.1, 0.15) is 17.2 Å². The van der Waals surface area contributed by atoms with Crippen LogP contribution in [0.2, 0.25) is 0 Å². The van der Waals surface area contributed by atoms with Crippen LogP contribution in [0.15, 0.2) is 33.3 Å². The molecule has 1 aromatic heterocycles. The molecule has 0 saturated carbocycles. The summed E-state index contributed by atoms with van der Waals surface area (Å²) in [7, 11) is 0. The first-order valence-corrected chi connectivity index (χ1v) is 6.17. The maximum Gasteiger partial charge on any atom is 0.418 e. The molecule has 1 aromatic carbocycles. The van der Waals surface area contributed by atoms with Crippen molar-refractivity contribution in [3.8, 4) is 0 Å². The lowest BCUT2D eigenvalue weighted by molar-refractivity contribution is -0.137. The van der Waals surface area contributed by atoms with Gasteiger partial charge in [0, 0.05) is 10.2 Å². The summed E-state index contributed by atoms with van der Waals surface area (Å²) in [5, 5.41) is 2.68. The van der Waals surface area contributed by atoms with Crippen molar-refractivity contribution >= 4 is 21.6 Å². The zero-order valence-electron chi connectivity index (χ0n) is 9.88. The minimum absolute atomic E-state index is 0.00782. The molecule has 0 spiro atoms. The number of oxazole rings is 1. The van der Waals surface area contributed by atoms with E-state index in [-0.39, 0.29) is 12.2 Å². The van der Waals surface area contributed by atoms with Gasteiger partial charge in [0.1, 0.15) is 5.76 Å². The molecule has 0 atom stereocenters. The van der Waals surface area contributed by atoms with Crippen LogP contribution in [0.4, 0.5) is 18.9 Å². The van der Waals surface area contributed by atoms with Crippen molar-refractivity contribution in [3.05, 3.63) is 46.1 Å². The lowest BCUT2D eigenvalue weighted by Gasteiger charge is -2.14. The van der Waals surface area contributed by atoms with Crippen LogP contribution >= 0.6 is 15.9 Å². The van der Waals surface area contributed by atoms with Gasteiger partial charge in [-0.15, -0.1) is 0 Å². The minimum Gasteiger partial charge on any atom is -0.444 e. The third-order valence-electron chi connectivity index (χ3n) is 2.39. The van der Waals surface area contributed by atoms with Crippen molar-refractivity contribution in [2.45, 2.75) is 19.6 Å². The van der Waals surface area contributed by atoms with Gasteiger partial charge in [0.15, 0.2) is 0 Å². The molecule has 0 unspecified atom stereocenters.